The van der Waals surface area contributed by atoms with Crippen molar-refractivity contribution in [1.82, 2.24) is 10.6 Å². The van der Waals surface area contributed by atoms with Crippen LogP contribution in [0.1, 0.15) is 36.3 Å². The van der Waals surface area contributed by atoms with Crippen molar-refractivity contribution >= 4 is 18.0 Å². The number of carboxylic acids is 1. The number of nitrogens with one attached hydrogen (secondary N) is 2. The summed E-state index contributed by atoms with van der Waals surface area (Å²) in [7, 11) is 0. The topological polar surface area (TPSA) is 105 Å². The van der Waals surface area contributed by atoms with Crippen molar-refractivity contribution < 1.29 is 37.4 Å². The zero-order valence-corrected chi connectivity index (χ0v) is 18.2. The summed E-state index contributed by atoms with van der Waals surface area (Å²) in [6.45, 7) is -0.619. The fourth-order valence-corrected chi connectivity index (χ4v) is 3.90. The highest BCUT2D eigenvalue weighted by molar-refractivity contribution is 5.79. The summed E-state index contributed by atoms with van der Waals surface area (Å²) in [6.07, 6.45) is -4.91. The fraction of sp³-hybridized carbons (Fsp3) is 0.375. The summed E-state index contributed by atoms with van der Waals surface area (Å²) in [6, 6.07) is 15.9. The molecule has 0 aliphatic heterocycles. The summed E-state index contributed by atoms with van der Waals surface area (Å²) in [4.78, 5) is 34.4. The van der Waals surface area contributed by atoms with E-state index < -0.39 is 36.6 Å². The number of unbranched alkanes of at least 4 members (excludes halogenated alkanes) is 1. The Morgan fingerprint density at radius 2 is 1.53 bits per heavy atom. The lowest BCUT2D eigenvalue weighted by atomic mass is 9.98. The summed E-state index contributed by atoms with van der Waals surface area (Å²) in [5.74, 6) is -5.43. The minimum absolute atomic E-state index is 0.0619. The summed E-state index contributed by atoms with van der Waals surface area (Å²) >= 11 is 0. The Kier molecular flexibility index (Phi) is 8.14. The quantitative estimate of drug-likeness (QED) is 0.447. The van der Waals surface area contributed by atoms with Crippen LogP contribution in [0.25, 0.3) is 11.1 Å². The smallest absolute Gasteiger partial charge is 0.407 e. The van der Waals surface area contributed by atoms with E-state index in [-0.39, 0.29) is 25.5 Å². The first-order chi connectivity index (χ1) is 16.2. The zero-order valence-electron chi connectivity index (χ0n) is 18.2. The molecule has 0 heterocycles. The number of ether oxygens (including phenoxy) is 1. The maximum Gasteiger partial charge on any atom is 0.407 e. The van der Waals surface area contributed by atoms with E-state index in [1.165, 1.54) is 0 Å². The van der Waals surface area contributed by atoms with E-state index in [4.69, 9.17) is 9.84 Å². The van der Waals surface area contributed by atoms with Crippen molar-refractivity contribution in [2.24, 2.45) is 5.92 Å². The second-order valence-corrected chi connectivity index (χ2v) is 7.95. The van der Waals surface area contributed by atoms with Crippen LogP contribution in [-0.2, 0) is 14.3 Å². The Hall–Kier alpha value is -3.56. The number of hydrogen-bond donors (Lipinski definition) is 3. The van der Waals surface area contributed by atoms with Gasteiger partial charge in [0.2, 0.25) is 5.91 Å². The number of aliphatic carboxylic acids is 1. The molecule has 1 aliphatic rings. The van der Waals surface area contributed by atoms with Gasteiger partial charge in [-0.05, 0) is 35.1 Å². The van der Waals surface area contributed by atoms with Crippen molar-refractivity contribution in [2.45, 2.75) is 31.4 Å². The molecular weight excluding hydrogens is 453 g/mol. The van der Waals surface area contributed by atoms with Crippen LogP contribution in [0.5, 0.6) is 0 Å². The molecule has 3 rings (SSSR count). The number of halogens is 3. The van der Waals surface area contributed by atoms with E-state index in [2.05, 4.69) is 5.32 Å². The number of carboxylic acid groups (broad SMARTS) is 1. The number of benzene rings is 2. The third-order valence-electron chi connectivity index (χ3n) is 5.64. The summed E-state index contributed by atoms with van der Waals surface area (Å²) < 4.78 is 43.1. The Morgan fingerprint density at radius 3 is 2.09 bits per heavy atom. The maximum absolute atomic E-state index is 12.6. The van der Waals surface area contributed by atoms with Gasteiger partial charge in [-0.3, -0.25) is 9.59 Å². The predicted octanol–water partition coefficient (Wildman–Crippen LogP) is 4.07. The molecule has 0 aromatic heterocycles. The zero-order chi connectivity index (χ0) is 24.7. The van der Waals surface area contributed by atoms with Crippen molar-refractivity contribution in [2.75, 3.05) is 19.7 Å². The van der Waals surface area contributed by atoms with E-state index >= 15 is 0 Å². The molecule has 1 aliphatic carbocycles. The van der Waals surface area contributed by atoms with E-state index in [0.717, 1.165) is 22.3 Å². The molecule has 0 saturated carbocycles. The van der Waals surface area contributed by atoms with Crippen LogP contribution in [0, 0.1) is 5.92 Å². The van der Waals surface area contributed by atoms with Crippen LogP contribution >= 0.6 is 0 Å². The molecule has 0 spiro atoms. The van der Waals surface area contributed by atoms with Crippen LogP contribution in [0.15, 0.2) is 48.5 Å². The van der Waals surface area contributed by atoms with Crippen molar-refractivity contribution in [1.29, 1.82) is 0 Å². The van der Waals surface area contributed by atoms with Crippen LogP contribution in [0.2, 0.25) is 0 Å². The van der Waals surface area contributed by atoms with E-state index in [1.54, 1.807) is 0 Å². The normalized spacial score (nSPS) is 13.5. The second kappa shape index (κ2) is 11.0. The molecule has 7 nitrogen and oxygen atoms in total. The first kappa shape index (κ1) is 25.1. The number of carbonyl (C=O) groups excluding carboxylic acids is 2. The molecule has 10 heteroatoms. The molecule has 1 atom stereocenters. The van der Waals surface area contributed by atoms with E-state index in [9.17, 15) is 27.6 Å². The van der Waals surface area contributed by atoms with Crippen molar-refractivity contribution in [3.05, 3.63) is 59.7 Å². The number of carbonyl (C=O) groups is 3. The average molecular weight is 478 g/mol. The van der Waals surface area contributed by atoms with E-state index in [0.29, 0.717) is 12.8 Å². The van der Waals surface area contributed by atoms with Crippen LogP contribution in [0.4, 0.5) is 18.0 Å². The highest BCUT2D eigenvalue weighted by Gasteiger charge is 2.45. The van der Waals surface area contributed by atoms with Gasteiger partial charge in [0.1, 0.15) is 6.61 Å². The molecule has 2 amide bonds. The molecule has 0 radical (unpaired) electrons. The molecule has 2 aromatic carbocycles. The monoisotopic (exact) mass is 478 g/mol. The maximum atomic E-state index is 12.6. The van der Waals surface area contributed by atoms with Gasteiger partial charge in [0.05, 0.1) is 0 Å². The molecule has 0 fully saturated rings. The van der Waals surface area contributed by atoms with Gasteiger partial charge in [-0.25, -0.2) is 4.79 Å². The number of alkyl halides is 3. The number of amides is 2. The molecule has 1 unspecified atom stereocenters. The fourth-order valence-electron chi connectivity index (χ4n) is 3.90. The van der Waals surface area contributed by atoms with E-state index in [1.807, 2.05) is 53.8 Å². The van der Waals surface area contributed by atoms with Gasteiger partial charge >= 0.3 is 18.2 Å². The van der Waals surface area contributed by atoms with Gasteiger partial charge in [-0.2, -0.15) is 13.2 Å². The predicted molar refractivity (Wildman–Crippen MR) is 117 cm³/mol. The first-order valence-electron chi connectivity index (χ1n) is 10.8. The lowest BCUT2D eigenvalue weighted by molar-refractivity contribution is -0.192. The van der Waals surface area contributed by atoms with Gasteiger partial charge in [-0.1, -0.05) is 48.5 Å². The number of alkyl carbamates (subject to hydrolysis) is 1. The third-order valence-corrected chi connectivity index (χ3v) is 5.64. The van der Waals surface area contributed by atoms with Crippen molar-refractivity contribution in [3.63, 3.8) is 0 Å². The Balaban J connectivity index is 1.35. The number of fused-ring (bicyclic) bond motifs is 3. The van der Waals surface area contributed by atoms with Gasteiger partial charge in [0, 0.05) is 25.4 Å². The molecular formula is C24H25F3N2O5. The van der Waals surface area contributed by atoms with Gasteiger partial charge in [0.15, 0.2) is 5.92 Å². The largest absolute Gasteiger partial charge is 0.481 e. The average Bonchev–Trinajstić information content (AvgIpc) is 3.10. The number of rotatable bonds is 10. The summed E-state index contributed by atoms with van der Waals surface area (Å²) in [5, 5.41) is 13.2. The highest BCUT2D eigenvalue weighted by Crippen LogP contribution is 2.44. The molecule has 0 bridgehead atoms. The van der Waals surface area contributed by atoms with Crippen LogP contribution in [0.3, 0.4) is 0 Å². The minimum Gasteiger partial charge on any atom is -0.481 e. The minimum atomic E-state index is -4.94. The SMILES string of the molecule is O=C(CCCCNC(=O)OCC1c2ccccc2-c2ccccc21)NCC(C(=O)O)C(F)(F)F. The first-order valence-corrected chi connectivity index (χ1v) is 10.8. The Bertz CT molecular complexity index is 996. The second-order valence-electron chi connectivity index (χ2n) is 7.95. The molecule has 2 aromatic rings. The van der Waals surface area contributed by atoms with Crippen LogP contribution in [-0.4, -0.2) is 48.9 Å². The lowest BCUT2D eigenvalue weighted by Gasteiger charge is -2.16. The Labute approximate surface area is 194 Å². The summed E-state index contributed by atoms with van der Waals surface area (Å²) in [5.41, 5.74) is 4.43. The molecule has 34 heavy (non-hydrogen) atoms. The molecule has 0 saturated heterocycles. The molecule has 3 N–H and O–H groups in total. The number of hydrogen-bond acceptors (Lipinski definition) is 4. The third kappa shape index (κ3) is 6.27. The van der Waals surface area contributed by atoms with Crippen LogP contribution < -0.4 is 10.6 Å². The standard InChI is InChI=1S/C24H25F3N2O5/c25-24(26,27)20(22(31)32)13-29-21(30)11-5-6-12-28-23(33)34-14-19-17-9-3-1-7-15(17)16-8-2-4-10-18(16)19/h1-4,7-10,19-20H,5-6,11-14H2,(H,28,33)(H,29,30)(H,31,32). The van der Waals surface area contributed by atoms with Gasteiger partial charge in [0.25, 0.3) is 0 Å². The highest BCUT2D eigenvalue weighted by atomic mass is 19.4. The lowest BCUT2D eigenvalue weighted by Crippen LogP contribution is -2.41. The molecule has 182 valence electrons. The van der Waals surface area contributed by atoms with Gasteiger partial charge < -0.3 is 20.5 Å². The van der Waals surface area contributed by atoms with Gasteiger partial charge in [-0.15, -0.1) is 0 Å². The Morgan fingerprint density at radius 1 is 0.941 bits per heavy atom. The van der Waals surface area contributed by atoms with Crippen molar-refractivity contribution in [3.8, 4) is 11.1 Å².